The second-order valence-electron chi connectivity index (χ2n) is 5.52. The van der Waals surface area contributed by atoms with Crippen molar-refractivity contribution in [3.63, 3.8) is 0 Å². The number of alkyl halides is 6. The summed E-state index contributed by atoms with van der Waals surface area (Å²) in [7, 11) is 0. The molecule has 152 valence electrons. The van der Waals surface area contributed by atoms with Crippen LogP contribution in [-0.4, -0.2) is 21.6 Å². The Morgan fingerprint density at radius 3 is 2.10 bits per heavy atom. The van der Waals surface area contributed by atoms with Crippen LogP contribution in [0.3, 0.4) is 0 Å². The van der Waals surface area contributed by atoms with Crippen LogP contribution >= 0.6 is 11.8 Å². The maximum Gasteiger partial charge on any atom is 0.446 e. The molecule has 12 heteroatoms. The van der Waals surface area contributed by atoms with E-state index in [1.54, 1.807) is 0 Å². The summed E-state index contributed by atoms with van der Waals surface area (Å²) in [5.74, 6) is -0.762. The van der Waals surface area contributed by atoms with Crippen molar-refractivity contribution >= 4 is 23.7 Å². The summed E-state index contributed by atoms with van der Waals surface area (Å²) in [4.78, 5) is 15.9. The van der Waals surface area contributed by atoms with Crippen molar-refractivity contribution in [1.29, 1.82) is 0 Å². The van der Waals surface area contributed by atoms with E-state index < -0.39 is 23.2 Å². The Labute approximate surface area is 163 Å². The normalized spacial score (nSPS) is 12.1. The first-order valence-corrected chi connectivity index (χ1v) is 8.51. The van der Waals surface area contributed by atoms with E-state index in [4.69, 9.17) is 4.52 Å². The van der Waals surface area contributed by atoms with Crippen LogP contribution in [0, 0.1) is 0 Å². The van der Waals surface area contributed by atoms with Gasteiger partial charge in [0.05, 0.1) is 5.56 Å². The van der Waals surface area contributed by atoms with Crippen LogP contribution in [0.25, 0.3) is 11.4 Å². The molecule has 0 radical (unpaired) electrons. The van der Waals surface area contributed by atoms with Crippen LogP contribution in [0.5, 0.6) is 0 Å². The van der Waals surface area contributed by atoms with Crippen molar-refractivity contribution in [1.82, 2.24) is 10.1 Å². The van der Waals surface area contributed by atoms with Crippen LogP contribution in [0.15, 0.2) is 57.9 Å². The summed E-state index contributed by atoms with van der Waals surface area (Å²) in [6.45, 7) is 0. The Morgan fingerprint density at radius 1 is 0.931 bits per heavy atom. The molecule has 3 aromatic rings. The van der Waals surface area contributed by atoms with E-state index in [1.807, 2.05) is 0 Å². The molecule has 0 aliphatic heterocycles. The second-order valence-corrected chi connectivity index (χ2v) is 6.66. The largest absolute Gasteiger partial charge is 0.446 e. The zero-order valence-electron chi connectivity index (χ0n) is 14.0. The van der Waals surface area contributed by atoms with Gasteiger partial charge in [0.2, 0.25) is 5.82 Å². The summed E-state index contributed by atoms with van der Waals surface area (Å²) >= 11 is -0.314. The number of anilines is 1. The smallest absolute Gasteiger partial charge is 0.315 e. The highest BCUT2D eigenvalue weighted by Crippen LogP contribution is 2.36. The molecule has 1 N–H and O–H groups in total. The van der Waals surface area contributed by atoms with Crippen LogP contribution in [0.2, 0.25) is 0 Å². The number of nitrogens with zero attached hydrogens (tertiary/aromatic N) is 2. The third kappa shape index (κ3) is 5.50. The van der Waals surface area contributed by atoms with Crippen molar-refractivity contribution < 1.29 is 35.7 Å². The maximum absolute atomic E-state index is 12.6. The minimum atomic E-state index is -4.48. The predicted molar refractivity (Wildman–Crippen MR) is 91.0 cm³/mol. The molecule has 0 bridgehead atoms. The number of aromatic nitrogens is 2. The van der Waals surface area contributed by atoms with E-state index in [2.05, 4.69) is 15.5 Å². The van der Waals surface area contributed by atoms with Gasteiger partial charge in [-0.05, 0) is 48.2 Å². The van der Waals surface area contributed by atoms with Crippen molar-refractivity contribution in [2.75, 3.05) is 5.32 Å². The molecule has 0 saturated heterocycles. The number of halogens is 6. The lowest BCUT2D eigenvalue weighted by Crippen LogP contribution is -2.12. The topological polar surface area (TPSA) is 68.0 Å². The molecular weight excluding hydrogens is 424 g/mol. The maximum atomic E-state index is 12.6. The number of carbonyl (C=O) groups is 1. The molecule has 5 nitrogen and oxygen atoms in total. The molecule has 0 saturated carbocycles. The molecule has 0 spiro atoms. The summed E-state index contributed by atoms with van der Waals surface area (Å²) in [5.41, 5.74) is -5.01. The first-order valence-electron chi connectivity index (χ1n) is 7.70. The van der Waals surface area contributed by atoms with Crippen LogP contribution in [0.4, 0.5) is 32.4 Å². The molecule has 0 aliphatic carbocycles. The first-order chi connectivity index (χ1) is 13.5. The quantitative estimate of drug-likeness (QED) is 0.427. The molecule has 0 aliphatic rings. The average molecular weight is 433 g/mol. The Hall–Kier alpha value is -3.02. The Morgan fingerprint density at radius 2 is 1.55 bits per heavy atom. The standard InChI is InChI=1S/C17H9F6N3O2S/c18-16(19,20)11-5-1-9(2-6-11)13-24-15(28-26-13)25-14(27)10-3-7-12(8-4-10)29-17(21,22)23/h1-8H,(H,24,25,26,27). The lowest BCUT2D eigenvalue weighted by Gasteiger charge is -2.06. The fourth-order valence-corrected chi connectivity index (χ4v) is 2.72. The van der Waals surface area contributed by atoms with E-state index in [9.17, 15) is 31.1 Å². The van der Waals surface area contributed by atoms with E-state index in [-0.39, 0.29) is 39.6 Å². The van der Waals surface area contributed by atoms with Gasteiger partial charge in [0, 0.05) is 16.0 Å². The van der Waals surface area contributed by atoms with Crippen molar-refractivity contribution in [3.8, 4) is 11.4 Å². The molecule has 0 atom stereocenters. The van der Waals surface area contributed by atoms with Gasteiger partial charge in [0.1, 0.15) is 0 Å². The third-order valence-corrected chi connectivity index (χ3v) is 4.21. The number of benzene rings is 2. The summed E-state index contributed by atoms with van der Waals surface area (Å²) in [6, 6.07) is 8.33. The third-order valence-electron chi connectivity index (χ3n) is 3.47. The SMILES string of the molecule is O=C(Nc1nc(-c2ccc(C(F)(F)F)cc2)no1)c1ccc(SC(F)(F)F)cc1. The van der Waals surface area contributed by atoms with Gasteiger partial charge in [0.25, 0.3) is 5.91 Å². The van der Waals surface area contributed by atoms with Gasteiger partial charge in [-0.1, -0.05) is 17.3 Å². The van der Waals surface area contributed by atoms with E-state index >= 15 is 0 Å². The van der Waals surface area contributed by atoms with Crippen molar-refractivity contribution in [2.45, 2.75) is 16.6 Å². The first kappa shape index (κ1) is 20.7. The second kappa shape index (κ2) is 7.78. The monoisotopic (exact) mass is 433 g/mol. The molecule has 0 unspecified atom stereocenters. The van der Waals surface area contributed by atoms with E-state index in [0.717, 1.165) is 36.4 Å². The van der Waals surface area contributed by atoms with Crippen LogP contribution < -0.4 is 5.32 Å². The fraction of sp³-hybridized carbons (Fsp3) is 0.118. The highest BCUT2D eigenvalue weighted by Gasteiger charge is 2.30. The number of nitrogens with one attached hydrogen (secondary N) is 1. The molecule has 1 aromatic heterocycles. The van der Waals surface area contributed by atoms with Crippen LogP contribution in [0.1, 0.15) is 15.9 Å². The minimum absolute atomic E-state index is 0.0470. The van der Waals surface area contributed by atoms with Gasteiger partial charge >= 0.3 is 17.7 Å². The summed E-state index contributed by atoms with van der Waals surface area (Å²) in [5, 5.41) is 5.83. The molecule has 29 heavy (non-hydrogen) atoms. The highest BCUT2D eigenvalue weighted by molar-refractivity contribution is 8.00. The number of hydrogen-bond donors (Lipinski definition) is 1. The van der Waals surface area contributed by atoms with Gasteiger partial charge < -0.3 is 4.52 Å². The summed E-state index contributed by atoms with van der Waals surface area (Å²) < 4.78 is 79.5. The number of rotatable bonds is 4. The zero-order valence-corrected chi connectivity index (χ0v) is 14.8. The van der Waals surface area contributed by atoms with Crippen LogP contribution in [-0.2, 0) is 6.18 Å². The number of hydrogen-bond acceptors (Lipinski definition) is 5. The molecular formula is C17H9F6N3O2S. The van der Waals surface area contributed by atoms with E-state index in [0.29, 0.717) is 0 Å². The number of amides is 1. The lowest BCUT2D eigenvalue weighted by atomic mass is 10.1. The van der Waals surface area contributed by atoms with Gasteiger partial charge in [-0.15, -0.1) is 0 Å². The molecule has 0 fully saturated rings. The molecule has 1 heterocycles. The van der Waals surface area contributed by atoms with Gasteiger partial charge in [-0.3, -0.25) is 10.1 Å². The molecule has 1 amide bonds. The Bertz CT molecular complexity index is 998. The zero-order chi connectivity index (χ0) is 21.2. The average Bonchev–Trinajstić information content (AvgIpc) is 3.09. The Balaban J connectivity index is 1.67. The molecule has 2 aromatic carbocycles. The Kier molecular flexibility index (Phi) is 5.55. The van der Waals surface area contributed by atoms with E-state index in [1.165, 1.54) is 12.1 Å². The lowest BCUT2D eigenvalue weighted by molar-refractivity contribution is -0.137. The van der Waals surface area contributed by atoms with Gasteiger partial charge in [-0.25, -0.2) is 0 Å². The fourth-order valence-electron chi connectivity index (χ4n) is 2.18. The highest BCUT2D eigenvalue weighted by atomic mass is 32.2. The number of thioether (sulfide) groups is 1. The van der Waals surface area contributed by atoms with Crippen molar-refractivity contribution in [2.24, 2.45) is 0 Å². The van der Waals surface area contributed by atoms with Gasteiger partial charge in [0.15, 0.2) is 0 Å². The summed E-state index contributed by atoms with van der Waals surface area (Å²) in [6.07, 6.45) is -4.48. The number of carbonyl (C=O) groups excluding carboxylic acids is 1. The minimum Gasteiger partial charge on any atom is -0.315 e. The molecule has 3 rings (SSSR count). The van der Waals surface area contributed by atoms with Gasteiger partial charge in [-0.2, -0.15) is 31.3 Å². The van der Waals surface area contributed by atoms with Crippen molar-refractivity contribution in [3.05, 3.63) is 59.7 Å². The predicted octanol–water partition coefficient (Wildman–Crippen LogP) is 5.62.